The monoisotopic (exact) mass is 380 g/mol. The van der Waals surface area contributed by atoms with Crippen molar-refractivity contribution < 1.29 is 0 Å². The quantitative estimate of drug-likeness (QED) is 0.174. The van der Waals surface area contributed by atoms with Crippen LogP contribution in [-0.2, 0) is 0 Å². The summed E-state index contributed by atoms with van der Waals surface area (Å²) in [5, 5.41) is 0. The first-order chi connectivity index (χ1) is 13.1. The Morgan fingerprint density at radius 1 is 0.444 bits per heavy atom. The molecule has 0 heterocycles. The molecule has 0 aromatic rings. The Bertz CT molecular complexity index is 262. The average Bonchev–Trinajstić information content (AvgIpc) is 2.65. The van der Waals surface area contributed by atoms with E-state index in [1.165, 1.54) is 128 Å². The summed E-state index contributed by atoms with van der Waals surface area (Å²) in [6.07, 6.45) is 28.9. The molecule has 27 heavy (non-hydrogen) atoms. The Kier molecular flexibility index (Phi) is 19.3. The number of unbranched alkanes of at least 4 members (excludes halogenated alkanes) is 14. The Balaban J connectivity index is 4.24. The highest BCUT2D eigenvalue weighted by molar-refractivity contribution is 4.79. The summed E-state index contributed by atoms with van der Waals surface area (Å²) < 4.78 is 0. The standard InChI is InChI=1S/C27H56/c1-6-9-12-15-17-20-23-26(24-21-18-16-13-10-7-2)27(4,5)25-22-19-14-11-8-3/h26H,6-25H2,1-5H3. The summed E-state index contributed by atoms with van der Waals surface area (Å²) in [6.45, 7) is 12.1. The van der Waals surface area contributed by atoms with Crippen molar-refractivity contribution in [3.05, 3.63) is 0 Å². The molecule has 0 saturated carbocycles. The van der Waals surface area contributed by atoms with Gasteiger partial charge in [-0.2, -0.15) is 0 Å². The minimum atomic E-state index is 0.555. The van der Waals surface area contributed by atoms with Crippen LogP contribution in [0.25, 0.3) is 0 Å². The maximum Gasteiger partial charge on any atom is -0.0326 e. The zero-order valence-electron chi connectivity index (χ0n) is 20.2. The van der Waals surface area contributed by atoms with Crippen molar-refractivity contribution in [1.82, 2.24) is 0 Å². The molecule has 0 aliphatic heterocycles. The summed E-state index contributed by atoms with van der Waals surface area (Å²) in [5.74, 6) is 0.959. The Labute approximate surface area is 174 Å². The van der Waals surface area contributed by atoms with Crippen molar-refractivity contribution >= 4 is 0 Å². The zero-order valence-corrected chi connectivity index (χ0v) is 20.2. The number of hydrogen-bond acceptors (Lipinski definition) is 0. The van der Waals surface area contributed by atoms with E-state index in [0.717, 1.165) is 5.92 Å². The minimum absolute atomic E-state index is 0.555. The highest BCUT2D eigenvalue weighted by Gasteiger charge is 2.28. The van der Waals surface area contributed by atoms with Crippen LogP contribution >= 0.6 is 0 Å². The van der Waals surface area contributed by atoms with Gasteiger partial charge in [0.05, 0.1) is 0 Å². The Morgan fingerprint density at radius 3 is 1.19 bits per heavy atom. The van der Waals surface area contributed by atoms with Gasteiger partial charge in [0, 0.05) is 0 Å². The first-order valence-corrected chi connectivity index (χ1v) is 13.1. The Morgan fingerprint density at radius 2 is 0.778 bits per heavy atom. The number of hydrogen-bond donors (Lipinski definition) is 0. The van der Waals surface area contributed by atoms with E-state index in [9.17, 15) is 0 Å². The second kappa shape index (κ2) is 19.3. The first kappa shape index (κ1) is 27.0. The fourth-order valence-corrected chi connectivity index (χ4v) is 4.66. The molecule has 0 aliphatic carbocycles. The summed E-state index contributed by atoms with van der Waals surface area (Å²) in [5.41, 5.74) is 0.555. The molecule has 0 spiro atoms. The van der Waals surface area contributed by atoms with Crippen LogP contribution in [0.5, 0.6) is 0 Å². The van der Waals surface area contributed by atoms with Gasteiger partial charge in [-0.25, -0.2) is 0 Å². The molecule has 0 unspecified atom stereocenters. The summed E-state index contributed by atoms with van der Waals surface area (Å²) in [7, 11) is 0. The molecule has 0 fully saturated rings. The zero-order chi connectivity index (χ0) is 20.2. The topological polar surface area (TPSA) is 0 Å². The molecular weight excluding hydrogens is 324 g/mol. The molecule has 0 radical (unpaired) electrons. The van der Waals surface area contributed by atoms with Crippen LogP contribution < -0.4 is 0 Å². The van der Waals surface area contributed by atoms with Crippen molar-refractivity contribution in [3.8, 4) is 0 Å². The van der Waals surface area contributed by atoms with Crippen molar-refractivity contribution in [3.63, 3.8) is 0 Å². The predicted molar refractivity (Wildman–Crippen MR) is 127 cm³/mol. The maximum atomic E-state index is 2.59. The molecule has 0 aliphatic rings. The molecular formula is C27H56. The highest BCUT2D eigenvalue weighted by atomic mass is 14.3. The third-order valence-corrected chi connectivity index (χ3v) is 6.84. The molecule has 0 bridgehead atoms. The van der Waals surface area contributed by atoms with Gasteiger partial charge in [-0.05, 0) is 30.6 Å². The Hall–Kier alpha value is 0. The average molecular weight is 381 g/mol. The molecule has 0 aromatic carbocycles. The molecule has 0 aromatic heterocycles. The fourth-order valence-electron chi connectivity index (χ4n) is 4.66. The highest BCUT2D eigenvalue weighted by Crippen LogP contribution is 2.39. The van der Waals surface area contributed by atoms with Crippen LogP contribution in [0.4, 0.5) is 0 Å². The van der Waals surface area contributed by atoms with Gasteiger partial charge >= 0.3 is 0 Å². The SMILES string of the molecule is CCCCCCCCC(CCCCCCCC)C(C)(C)CCCCCCC. The molecule has 0 saturated heterocycles. The lowest BCUT2D eigenvalue weighted by molar-refractivity contribution is 0.158. The van der Waals surface area contributed by atoms with E-state index in [0.29, 0.717) is 5.41 Å². The van der Waals surface area contributed by atoms with Crippen molar-refractivity contribution in [2.24, 2.45) is 11.3 Å². The van der Waals surface area contributed by atoms with Gasteiger partial charge in [0.1, 0.15) is 0 Å². The molecule has 0 amide bonds. The molecule has 0 heteroatoms. The van der Waals surface area contributed by atoms with Crippen LogP contribution in [0.15, 0.2) is 0 Å². The van der Waals surface area contributed by atoms with E-state index in [1.807, 2.05) is 0 Å². The second-order valence-electron chi connectivity index (χ2n) is 9.96. The third-order valence-electron chi connectivity index (χ3n) is 6.84. The summed E-state index contributed by atoms with van der Waals surface area (Å²) in [6, 6.07) is 0. The van der Waals surface area contributed by atoms with E-state index in [-0.39, 0.29) is 0 Å². The van der Waals surface area contributed by atoms with Gasteiger partial charge in [0.15, 0.2) is 0 Å². The molecule has 0 atom stereocenters. The third kappa shape index (κ3) is 16.6. The largest absolute Gasteiger partial charge is 0.0654 e. The second-order valence-corrected chi connectivity index (χ2v) is 9.96. The van der Waals surface area contributed by atoms with E-state index in [1.54, 1.807) is 0 Å². The van der Waals surface area contributed by atoms with Crippen molar-refractivity contribution in [2.75, 3.05) is 0 Å². The van der Waals surface area contributed by atoms with Crippen molar-refractivity contribution in [1.29, 1.82) is 0 Å². The first-order valence-electron chi connectivity index (χ1n) is 13.1. The van der Waals surface area contributed by atoms with E-state index < -0.39 is 0 Å². The van der Waals surface area contributed by atoms with Gasteiger partial charge in [0.25, 0.3) is 0 Å². The van der Waals surface area contributed by atoms with Crippen LogP contribution in [0, 0.1) is 11.3 Å². The van der Waals surface area contributed by atoms with Gasteiger partial charge < -0.3 is 0 Å². The van der Waals surface area contributed by atoms with E-state index in [4.69, 9.17) is 0 Å². The van der Waals surface area contributed by atoms with Gasteiger partial charge in [-0.15, -0.1) is 0 Å². The van der Waals surface area contributed by atoms with Crippen LogP contribution in [0.2, 0.25) is 0 Å². The minimum Gasteiger partial charge on any atom is -0.0654 e. The van der Waals surface area contributed by atoms with Crippen LogP contribution in [-0.4, -0.2) is 0 Å². The molecule has 164 valence electrons. The fraction of sp³-hybridized carbons (Fsp3) is 1.00. The number of rotatable bonds is 21. The lowest BCUT2D eigenvalue weighted by Crippen LogP contribution is -2.24. The summed E-state index contributed by atoms with van der Waals surface area (Å²) >= 11 is 0. The van der Waals surface area contributed by atoms with Crippen LogP contribution in [0.1, 0.15) is 163 Å². The summed E-state index contributed by atoms with van der Waals surface area (Å²) in [4.78, 5) is 0. The van der Waals surface area contributed by atoms with Crippen LogP contribution in [0.3, 0.4) is 0 Å². The maximum absolute atomic E-state index is 2.59. The van der Waals surface area contributed by atoms with Crippen molar-refractivity contribution in [2.45, 2.75) is 163 Å². The molecule has 0 N–H and O–H groups in total. The molecule has 0 rings (SSSR count). The lowest BCUT2D eigenvalue weighted by Gasteiger charge is -2.35. The lowest BCUT2D eigenvalue weighted by atomic mass is 9.70. The molecule has 0 nitrogen and oxygen atoms in total. The van der Waals surface area contributed by atoms with Gasteiger partial charge in [-0.3, -0.25) is 0 Å². The van der Waals surface area contributed by atoms with Gasteiger partial charge in [0.2, 0.25) is 0 Å². The van der Waals surface area contributed by atoms with E-state index in [2.05, 4.69) is 34.6 Å². The normalized spacial score (nSPS) is 12.2. The predicted octanol–water partition coefficient (Wildman–Crippen LogP) is 10.5. The smallest absolute Gasteiger partial charge is 0.0326 e. The van der Waals surface area contributed by atoms with E-state index >= 15 is 0 Å². The van der Waals surface area contributed by atoms with Gasteiger partial charge in [-0.1, -0.05) is 144 Å².